The fourth-order valence-electron chi connectivity index (χ4n) is 6.21. The summed E-state index contributed by atoms with van der Waals surface area (Å²) in [5, 5.41) is 10.4. The number of benzene rings is 1. The monoisotopic (exact) mass is 621 g/mol. The molecule has 1 aliphatic carbocycles. The van der Waals surface area contributed by atoms with Crippen LogP contribution in [0.4, 0.5) is 5.82 Å². The molecule has 1 saturated carbocycles. The van der Waals surface area contributed by atoms with E-state index in [1.54, 1.807) is 18.2 Å². The van der Waals surface area contributed by atoms with Crippen molar-refractivity contribution in [3.8, 4) is 11.1 Å². The van der Waals surface area contributed by atoms with E-state index in [0.29, 0.717) is 16.5 Å². The Morgan fingerprint density at radius 1 is 1.05 bits per heavy atom. The van der Waals surface area contributed by atoms with Crippen LogP contribution in [0, 0.1) is 28.6 Å². The molecule has 2 heterocycles. The second kappa shape index (κ2) is 11.0. The molecule has 2 unspecified atom stereocenters. The van der Waals surface area contributed by atoms with E-state index in [-0.39, 0.29) is 66.4 Å². The third-order valence-corrected chi connectivity index (χ3v) is 9.43. The van der Waals surface area contributed by atoms with E-state index < -0.39 is 17.6 Å². The molecular formula is C31H38Cl3N3O4. The Labute approximate surface area is 255 Å². The van der Waals surface area contributed by atoms with E-state index in [0.717, 1.165) is 17.2 Å². The summed E-state index contributed by atoms with van der Waals surface area (Å²) in [6.07, 6.45) is 1.43. The molecule has 0 bridgehead atoms. The van der Waals surface area contributed by atoms with E-state index in [1.807, 2.05) is 0 Å². The molecule has 41 heavy (non-hydrogen) atoms. The zero-order chi connectivity index (χ0) is 30.8. The molecule has 1 aliphatic rings. The third-order valence-electron chi connectivity index (χ3n) is 8.34. The van der Waals surface area contributed by atoms with E-state index in [4.69, 9.17) is 45.3 Å². The Kier molecular flexibility index (Phi) is 8.42. The van der Waals surface area contributed by atoms with E-state index in [1.165, 1.54) is 6.92 Å². The number of aliphatic hydroxyl groups excluding tert-OH is 1. The lowest BCUT2D eigenvalue weighted by molar-refractivity contribution is -0.0922. The lowest BCUT2D eigenvalue weighted by Crippen LogP contribution is -2.49. The number of anilines is 1. The van der Waals surface area contributed by atoms with Gasteiger partial charge in [0.05, 0.1) is 10.0 Å². The number of nitrogen functional groups attached to an aromatic ring is 1. The van der Waals surface area contributed by atoms with Gasteiger partial charge in [0.15, 0.2) is 5.65 Å². The number of hydrogen-bond donors (Lipinski definition) is 2. The molecule has 3 aromatic rings. The molecule has 0 spiro atoms. The minimum Gasteiger partial charge on any atom is -0.512 e. The number of carbonyl (C=O) groups excluding carboxylic acids is 1. The summed E-state index contributed by atoms with van der Waals surface area (Å²) in [6.45, 7) is 16.6. The number of esters is 1. The lowest BCUT2D eigenvalue weighted by Gasteiger charge is -2.50. The molecule has 7 nitrogen and oxygen atoms in total. The summed E-state index contributed by atoms with van der Waals surface area (Å²) in [4.78, 5) is 32.3. The number of rotatable bonds is 3. The van der Waals surface area contributed by atoms with Gasteiger partial charge in [0.2, 0.25) is 0 Å². The molecule has 1 fully saturated rings. The van der Waals surface area contributed by atoms with E-state index in [2.05, 4.69) is 53.5 Å². The predicted molar refractivity (Wildman–Crippen MR) is 167 cm³/mol. The molecule has 0 amide bonds. The molecule has 0 radical (unpaired) electrons. The van der Waals surface area contributed by atoms with Gasteiger partial charge in [-0.2, -0.15) is 0 Å². The molecule has 1 aromatic carbocycles. The summed E-state index contributed by atoms with van der Waals surface area (Å²) in [5.41, 5.74) is 5.75. The number of aromatic nitrogens is 2. The quantitative estimate of drug-likeness (QED) is 0.292. The number of nitrogens with two attached hydrogens (primary N) is 1. The van der Waals surface area contributed by atoms with Gasteiger partial charge in [-0.3, -0.25) is 4.79 Å². The van der Waals surface area contributed by atoms with Crippen molar-refractivity contribution in [1.82, 2.24) is 9.38 Å². The van der Waals surface area contributed by atoms with Gasteiger partial charge in [-0.05, 0) is 54.2 Å². The van der Waals surface area contributed by atoms with Crippen LogP contribution in [0.1, 0.15) is 78.6 Å². The van der Waals surface area contributed by atoms with Crippen molar-refractivity contribution in [2.24, 2.45) is 28.6 Å². The van der Waals surface area contributed by atoms with Crippen molar-refractivity contribution >= 4 is 58.0 Å². The highest BCUT2D eigenvalue weighted by Crippen LogP contribution is 2.50. The summed E-state index contributed by atoms with van der Waals surface area (Å²) in [6, 6.07) is 4.80. The maximum atomic E-state index is 14.4. The van der Waals surface area contributed by atoms with Crippen LogP contribution in [0.2, 0.25) is 15.2 Å². The van der Waals surface area contributed by atoms with Crippen molar-refractivity contribution < 1.29 is 14.6 Å². The summed E-state index contributed by atoms with van der Waals surface area (Å²) < 4.78 is 7.57. The van der Waals surface area contributed by atoms with Crippen molar-refractivity contribution in [2.45, 2.75) is 74.3 Å². The number of nitrogens with zero attached hydrogens (tertiary/aromatic N) is 2. The molecule has 2 aromatic heterocycles. The van der Waals surface area contributed by atoms with Gasteiger partial charge in [-0.15, -0.1) is 0 Å². The Morgan fingerprint density at radius 2 is 1.61 bits per heavy atom. The van der Waals surface area contributed by atoms with Crippen LogP contribution in [0.25, 0.3) is 22.5 Å². The third kappa shape index (κ3) is 5.78. The maximum Gasteiger partial charge on any atom is 0.342 e. The first-order valence-electron chi connectivity index (χ1n) is 13.7. The average Bonchev–Trinajstić information content (AvgIpc) is 3.12. The average molecular weight is 623 g/mol. The summed E-state index contributed by atoms with van der Waals surface area (Å²) in [7, 11) is 0. The summed E-state index contributed by atoms with van der Waals surface area (Å²) >= 11 is 19.4. The zero-order valence-corrected chi connectivity index (χ0v) is 27.0. The van der Waals surface area contributed by atoms with Gasteiger partial charge < -0.3 is 15.6 Å². The minimum absolute atomic E-state index is 0.00160. The van der Waals surface area contributed by atoms with Gasteiger partial charge in [-0.1, -0.05) is 89.3 Å². The highest BCUT2D eigenvalue weighted by atomic mass is 35.5. The second-order valence-corrected chi connectivity index (χ2v) is 14.7. The van der Waals surface area contributed by atoms with Gasteiger partial charge in [0.1, 0.15) is 33.6 Å². The van der Waals surface area contributed by atoms with Gasteiger partial charge in [0.25, 0.3) is 5.56 Å². The number of fused-ring (bicyclic) bond motifs is 1. The van der Waals surface area contributed by atoms with Crippen LogP contribution >= 0.6 is 34.8 Å². The number of carbonyl (C=O) groups is 1. The Morgan fingerprint density at radius 3 is 2.10 bits per heavy atom. The number of ether oxygens (including phenoxy) is 1. The topological polar surface area (TPSA) is 107 Å². The number of aliphatic hydroxyl groups is 1. The van der Waals surface area contributed by atoms with Crippen LogP contribution in [0.15, 0.2) is 23.0 Å². The van der Waals surface area contributed by atoms with E-state index >= 15 is 0 Å². The van der Waals surface area contributed by atoms with Gasteiger partial charge >= 0.3 is 5.97 Å². The van der Waals surface area contributed by atoms with Crippen LogP contribution in [-0.2, 0) is 4.74 Å². The lowest BCUT2D eigenvalue weighted by atomic mass is 9.59. The predicted octanol–water partition coefficient (Wildman–Crippen LogP) is 7.59. The highest BCUT2D eigenvalue weighted by Gasteiger charge is 2.48. The smallest absolute Gasteiger partial charge is 0.342 e. The van der Waals surface area contributed by atoms with Crippen LogP contribution < -0.4 is 16.5 Å². The first kappa shape index (κ1) is 31.5. The Bertz CT molecular complexity index is 1610. The van der Waals surface area contributed by atoms with Crippen LogP contribution in [-0.4, -0.2) is 26.6 Å². The second-order valence-electron chi connectivity index (χ2n) is 13.5. The molecule has 222 valence electrons. The molecule has 0 aliphatic heterocycles. The highest BCUT2D eigenvalue weighted by molar-refractivity contribution is 6.42. The maximum absolute atomic E-state index is 14.4. The summed E-state index contributed by atoms with van der Waals surface area (Å²) in [5.74, 6) is -0.563. The fraction of sp³-hybridized carbons (Fsp3) is 0.516. The molecule has 10 heteroatoms. The zero-order valence-electron chi connectivity index (χ0n) is 24.7. The van der Waals surface area contributed by atoms with Gasteiger partial charge in [0, 0.05) is 17.4 Å². The standard InChI is InChI=1S/C31H38Cl3N3O4/c1-14-11-17(30(3,4)5)24(18(12-14)31(6,7)8)41-29(40)23-22(16-9-10-19(32)20(33)13-16)25(34)37-27(23)36-26(35)21(15(2)38)28(37)39/h9-10,13-14,17-18,24,38H,11-12H2,1-8H3,(H2,35,36). The van der Waals surface area contributed by atoms with Crippen molar-refractivity contribution in [1.29, 1.82) is 0 Å². The number of halogens is 3. The van der Waals surface area contributed by atoms with Crippen molar-refractivity contribution in [3.05, 3.63) is 54.5 Å². The van der Waals surface area contributed by atoms with Crippen molar-refractivity contribution in [3.63, 3.8) is 0 Å². The molecule has 4 rings (SSSR count). The molecular weight excluding hydrogens is 585 g/mol. The Balaban J connectivity index is 2.01. The fourth-order valence-corrected chi connectivity index (χ4v) is 6.87. The van der Waals surface area contributed by atoms with Crippen LogP contribution in [0.5, 0.6) is 0 Å². The van der Waals surface area contributed by atoms with Crippen LogP contribution in [0.3, 0.4) is 0 Å². The Hall–Kier alpha value is -2.48. The molecule has 3 N–H and O–H groups in total. The van der Waals surface area contributed by atoms with E-state index in [9.17, 15) is 14.7 Å². The first-order chi connectivity index (χ1) is 18.8. The largest absolute Gasteiger partial charge is 0.512 e. The minimum atomic E-state index is -0.704. The number of hydrogen-bond acceptors (Lipinski definition) is 6. The SMILES string of the molecule is CC(O)=c1c(N)nc2c(C(=O)OC3C(C(C)(C)C)CC(C)CC3C(C)(C)C)c(-c3ccc(Cl)c(Cl)c3)c(Cl)n2c1=O. The normalized spacial score (nSPS) is 22.6. The molecule has 0 saturated heterocycles. The van der Waals surface area contributed by atoms with Crippen molar-refractivity contribution in [2.75, 3.05) is 5.73 Å². The molecule has 2 atom stereocenters. The first-order valence-corrected chi connectivity index (χ1v) is 14.9. The van der Waals surface area contributed by atoms with Gasteiger partial charge in [-0.25, -0.2) is 14.2 Å².